The van der Waals surface area contributed by atoms with E-state index >= 15 is 0 Å². The molecule has 33 heavy (non-hydrogen) atoms. The van der Waals surface area contributed by atoms with Crippen molar-refractivity contribution in [2.75, 3.05) is 6.54 Å². The Labute approximate surface area is 194 Å². The summed E-state index contributed by atoms with van der Waals surface area (Å²) in [5.74, 6) is -0.918. The van der Waals surface area contributed by atoms with Crippen LogP contribution in [0.2, 0.25) is 0 Å². The summed E-state index contributed by atoms with van der Waals surface area (Å²) in [5, 5.41) is 24.3. The number of rotatable bonds is 5. The predicted molar refractivity (Wildman–Crippen MR) is 119 cm³/mol. The molecule has 1 saturated heterocycles. The Balaban J connectivity index is 1.88. The molecule has 1 aliphatic heterocycles. The fourth-order valence-electron chi connectivity index (χ4n) is 4.93. The standard InChI is InChI=1S/C24H30N6O3/c1-13(31)28-20(23(2,3)4)22(33)30-12-16-18(24(16,5)6)19(30)21(32)29-17(9-26)15-7-14(8-25)10-27-11-15/h7,10-11,16-20H,12H2,1-6H3,(H,28,31)(H,29,32)/t16-,17?,18-,19-,20+/m0/s1. The molecule has 3 rings (SSSR count). The van der Waals surface area contributed by atoms with Crippen LogP contribution < -0.4 is 10.6 Å². The fourth-order valence-corrected chi connectivity index (χ4v) is 4.93. The molecule has 9 heteroatoms. The van der Waals surface area contributed by atoms with E-state index < -0.39 is 29.4 Å². The SMILES string of the molecule is CC(=O)N[C@H](C(=O)N1C[C@H]2[C@@H]([C@H]1C(=O)NC(C#N)c1cncc(C#N)c1)C2(C)C)C(C)(C)C. The van der Waals surface area contributed by atoms with Crippen LogP contribution in [-0.2, 0) is 14.4 Å². The van der Waals surface area contributed by atoms with Crippen LogP contribution in [-0.4, -0.2) is 46.2 Å². The first-order valence-electron chi connectivity index (χ1n) is 11.0. The number of nitrogens with zero attached hydrogens (tertiary/aromatic N) is 4. The lowest BCUT2D eigenvalue weighted by Crippen LogP contribution is -2.59. The third kappa shape index (κ3) is 4.54. The van der Waals surface area contributed by atoms with Gasteiger partial charge in [-0.2, -0.15) is 10.5 Å². The average Bonchev–Trinajstić information content (AvgIpc) is 3.09. The molecule has 2 fully saturated rings. The molecule has 0 bridgehead atoms. The van der Waals surface area contributed by atoms with Crippen LogP contribution in [0.15, 0.2) is 18.5 Å². The van der Waals surface area contributed by atoms with E-state index in [-0.39, 0.29) is 34.6 Å². The molecule has 1 unspecified atom stereocenters. The lowest BCUT2D eigenvalue weighted by atomic mass is 9.85. The zero-order valence-corrected chi connectivity index (χ0v) is 19.8. The van der Waals surface area contributed by atoms with E-state index in [1.54, 1.807) is 4.90 Å². The molecule has 1 aromatic heterocycles. The lowest BCUT2D eigenvalue weighted by molar-refractivity contribution is -0.145. The summed E-state index contributed by atoms with van der Waals surface area (Å²) in [5.41, 5.74) is 0.0311. The van der Waals surface area contributed by atoms with Gasteiger partial charge in [0.15, 0.2) is 0 Å². The first-order chi connectivity index (χ1) is 15.3. The van der Waals surface area contributed by atoms with Crippen LogP contribution >= 0.6 is 0 Å². The van der Waals surface area contributed by atoms with Gasteiger partial charge in [0, 0.05) is 31.4 Å². The van der Waals surface area contributed by atoms with Crippen molar-refractivity contribution in [2.24, 2.45) is 22.7 Å². The van der Waals surface area contributed by atoms with Crippen molar-refractivity contribution in [1.29, 1.82) is 10.5 Å². The highest BCUT2D eigenvalue weighted by molar-refractivity contribution is 5.94. The Morgan fingerprint density at radius 2 is 1.88 bits per heavy atom. The van der Waals surface area contributed by atoms with Crippen LogP contribution in [0.3, 0.4) is 0 Å². The van der Waals surface area contributed by atoms with E-state index in [0.717, 1.165) is 0 Å². The summed E-state index contributed by atoms with van der Waals surface area (Å²) in [7, 11) is 0. The Kier molecular flexibility index (Phi) is 6.21. The number of fused-ring (bicyclic) bond motifs is 1. The molecule has 9 nitrogen and oxygen atoms in total. The average molecular weight is 451 g/mol. The lowest BCUT2D eigenvalue weighted by Gasteiger charge is -2.37. The molecule has 1 aromatic rings. The molecular weight excluding hydrogens is 420 g/mol. The van der Waals surface area contributed by atoms with Gasteiger partial charge in [0.1, 0.15) is 24.2 Å². The third-order valence-electron chi connectivity index (χ3n) is 6.86. The van der Waals surface area contributed by atoms with E-state index in [1.165, 1.54) is 25.4 Å². The van der Waals surface area contributed by atoms with Crippen molar-refractivity contribution in [3.63, 3.8) is 0 Å². The Morgan fingerprint density at radius 1 is 1.21 bits per heavy atom. The Hall–Kier alpha value is -3.46. The topological polar surface area (TPSA) is 139 Å². The highest BCUT2D eigenvalue weighted by Gasteiger charge is 2.69. The number of carbonyl (C=O) groups is 3. The number of hydrogen-bond donors (Lipinski definition) is 2. The molecule has 0 aromatic carbocycles. The molecule has 2 N–H and O–H groups in total. The zero-order valence-electron chi connectivity index (χ0n) is 19.8. The van der Waals surface area contributed by atoms with Gasteiger partial charge in [-0.3, -0.25) is 19.4 Å². The summed E-state index contributed by atoms with van der Waals surface area (Å²) in [6.45, 7) is 11.5. The van der Waals surface area contributed by atoms with E-state index in [4.69, 9.17) is 5.26 Å². The van der Waals surface area contributed by atoms with Crippen LogP contribution in [0, 0.1) is 45.3 Å². The number of nitrogens with one attached hydrogen (secondary N) is 2. The molecule has 5 atom stereocenters. The second-order valence-electron chi connectivity index (χ2n) is 10.6. The molecular formula is C24H30N6O3. The normalized spacial score (nSPS) is 24.5. The zero-order chi connectivity index (χ0) is 24.7. The molecule has 0 spiro atoms. The second-order valence-corrected chi connectivity index (χ2v) is 10.6. The molecule has 2 heterocycles. The fraction of sp³-hybridized carbons (Fsp3) is 0.583. The second kappa shape index (κ2) is 8.47. The number of carbonyl (C=O) groups excluding carboxylic acids is 3. The summed E-state index contributed by atoms with van der Waals surface area (Å²) in [6, 6.07) is 2.99. The van der Waals surface area contributed by atoms with Crippen molar-refractivity contribution in [3.8, 4) is 12.1 Å². The summed E-state index contributed by atoms with van der Waals surface area (Å²) in [6.07, 6.45) is 2.81. The number of piperidine rings is 1. The van der Waals surface area contributed by atoms with E-state index in [1.807, 2.05) is 32.9 Å². The molecule has 0 radical (unpaired) electrons. The molecule has 174 valence electrons. The molecule has 1 saturated carbocycles. The van der Waals surface area contributed by atoms with Crippen LogP contribution in [0.25, 0.3) is 0 Å². The van der Waals surface area contributed by atoms with Crippen molar-refractivity contribution in [1.82, 2.24) is 20.5 Å². The molecule has 3 amide bonds. The van der Waals surface area contributed by atoms with Crippen molar-refractivity contribution in [2.45, 2.75) is 59.7 Å². The number of hydrogen-bond acceptors (Lipinski definition) is 6. The van der Waals surface area contributed by atoms with Gasteiger partial charge in [0.2, 0.25) is 17.7 Å². The van der Waals surface area contributed by atoms with E-state index in [2.05, 4.69) is 29.5 Å². The maximum atomic E-state index is 13.5. The first kappa shape index (κ1) is 24.2. The monoisotopic (exact) mass is 450 g/mol. The highest BCUT2D eigenvalue weighted by Crippen LogP contribution is 2.65. The molecule has 2 aliphatic rings. The van der Waals surface area contributed by atoms with Gasteiger partial charge in [-0.15, -0.1) is 0 Å². The smallest absolute Gasteiger partial charge is 0.246 e. The van der Waals surface area contributed by atoms with Crippen molar-refractivity contribution in [3.05, 3.63) is 29.6 Å². The first-order valence-corrected chi connectivity index (χ1v) is 11.0. The van der Waals surface area contributed by atoms with Gasteiger partial charge < -0.3 is 15.5 Å². The third-order valence-corrected chi connectivity index (χ3v) is 6.86. The van der Waals surface area contributed by atoms with Gasteiger partial charge in [-0.25, -0.2) is 0 Å². The summed E-state index contributed by atoms with van der Waals surface area (Å²) in [4.78, 5) is 44.3. The maximum Gasteiger partial charge on any atom is 0.246 e. The van der Waals surface area contributed by atoms with Crippen LogP contribution in [0.5, 0.6) is 0 Å². The van der Waals surface area contributed by atoms with Gasteiger partial charge in [-0.05, 0) is 28.7 Å². The van der Waals surface area contributed by atoms with Crippen LogP contribution in [0.4, 0.5) is 0 Å². The largest absolute Gasteiger partial charge is 0.344 e. The van der Waals surface area contributed by atoms with E-state index in [0.29, 0.717) is 12.1 Å². The number of aromatic nitrogens is 1. The van der Waals surface area contributed by atoms with Gasteiger partial charge in [-0.1, -0.05) is 34.6 Å². The minimum absolute atomic E-state index is 0.0395. The Bertz CT molecular complexity index is 1060. The quantitative estimate of drug-likeness (QED) is 0.699. The van der Waals surface area contributed by atoms with Crippen LogP contribution in [0.1, 0.15) is 58.7 Å². The van der Waals surface area contributed by atoms with Crippen molar-refractivity contribution >= 4 is 17.7 Å². The van der Waals surface area contributed by atoms with Gasteiger partial charge in [0.05, 0.1) is 11.6 Å². The highest BCUT2D eigenvalue weighted by atomic mass is 16.2. The maximum absolute atomic E-state index is 13.5. The minimum Gasteiger partial charge on any atom is -0.344 e. The van der Waals surface area contributed by atoms with E-state index in [9.17, 15) is 19.6 Å². The van der Waals surface area contributed by atoms with Crippen molar-refractivity contribution < 1.29 is 14.4 Å². The van der Waals surface area contributed by atoms with Gasteiger partial charge >= 0.3 is 0 Å². The van der Waals surface area contributed by atoms with Gasteiger partial charge in [0.25, 0.3) is 0 Å². The number of likely N-dealkylation sites (tertiary alicyclic amines) is 1. The number of pyridine rings is 1. The predicted octanol–water partition coefficient (Wildman–Crippen LogP) is 1.67. The summed E-state index contributed by atoms with van der Waals surface area (Å²) >= 11 is 0. The summed E-state index contributed by atoms with van der Waals surface area (Å²) < 4.78 is 0. The number of nitriles is 2. The Morgan fingerprint density at radius 3 is 2.42 bits per heavy atom. The minimum atomic E-state index is -1.01. The number of amides is 3. The molecule has 1 aliphatic carbocycles.